The van der Waals surface area contributed by atoms with E-state index in [2.05, 4.69) is 19.2 Å². The monoisotopic (exact) mass is 290 g/mol. The van der Waals surface area contributed by atoms with Gasteiger partial charge in [0.2, 0.25) is 0 Å². The van der Waals surface area contributed by atoms with Crippen LogP contribution >= 0.6 is 0 Å². The molecule has 21 heavy (non-hydrogen) atoms. The van der Waals surface area contributed by atoms with Crippen LogP contribution in [0.1, 0.15) is 49.9 Å². The molecule has 1 aromatic carbocycles. The number of anilines is 1. The lowest BCUT2D eigenvalue weighted by molar-refractivity contribution is 0.0563. The molecule has 1 saturated carbocycles. The molecule has 0 atom stereocenters. The molecule has 1 fully saturated rings. The number of carbonyl (C=O) groups excluding carboxylic acids is 1. The number of hydrogen-bond donors (Lipinski definition) is 2. The van der Waals surface area contributed by atoms with Gasteiger partial charge in [0.05, 0.1) is 5.56 Å². The number of amides is 1. The second-order valence-corrected chi connectivity index (χ2v) is 6.01. The highest BCUT2D eigenvalue weighted by Crippen LogP contribution is 2.28. The Hall–Kier alpha value is -1.55. The Morgan fingerprint density at radius 3 is 2.67 bits per heavy atom. The lowest BCUT2D eigenvalue weighted by atomic mass is 9.90. The van der Waals surface area contributed by atoms with Crippen molar-refractivity contribution < 1.29 is 9.90 Å². The van der Waals surface area contributed by atoms with Crippen LogP contribution in [0.25, 0.3) is 0 Å². The molecule has 4 heteroatoms. The van der Waals surface area contributed by atoms with E-state index in [1.54, 1.807) is 0 Å². The molecule has 0 bridgehead atoms. The lowest BCUT2D eigenvalue weighted by Gasteiger charge is -2.38. The van der Waals surface area contributed by atoms with Crippen LogP contribution in [-0.4, -0.2) is 41.1 Å². The minimum atomic E-state index is 0.0805. The molecule has 0 aliphatic heterocycles. The summed E-state index contributed by atoms with van der Waals surface area (Å²) in [7, 11) is 0. The fourth-order valence-corrected chi connectivity index (χ4v) is 2.65. The molecule has 116 valence electrons. The SMILES string of the molecule is CC(C)Nc1ccccc1C(=O)N(CCCO)C1CCC1. The third-order valence-corrected chi connectivity index (χ3v) is 3.94. The van der Waals surface area contributed by atoms with Crippen molar-refractivity contribution in [3.8, 4) is 0 Å². The number of hydrogen-bond acceptors (Lipinski definition) is 3. The van der Waals surface area contributed by atoms with E-state index < -0.39 is 0 Å². The summed E-state index contributed by atoms with van der Waals surface area (Å²) in [5.74, 6) is 0.0805. The van der Waals surface area contributed by atoms with Gasteiger partial charge in [0.1, 0.15) is 0 Å². The molecule has 1 aliphatic carbocycles. The minimum absolute atomic E-state index is 0.0805. The van der Waals surface area contributed by atoms with Crippen molar-refractivity contribution in [1.29, 1.82) is 0 Å². The van der Waals surface area contributed by atoms with Gasteiger partial charge >= 0.3 is 0 Å². The molecule has 2 rings (SSSR count). The summed E-state index contributed by atoms with van der Waals surface area (Å²) in [6.45, 7) is 4.89. The highest BCUT2D eigenvalue weighted by atomic mass is 16.3. The number of para-hydroxylation sites is 1. The molecule has 0 spiro atoms. The Bertz CT molecular complexity index is 470. The molecule has 1 amide bonds. The van der Waals surface area contributed by atoms with Crippen molar-refractivity contribution >= 4 is 11.6 Å². The number of benzene rings is 1. The standard InChI is InChI=1S/C17H26N2O2/c1-13(2)18-16-10-4-3-9-15(16)17(21)19(11-6-12-20)14-7-5-8-14/h3-4,9-10,13-14,18,20H,5-8,11-12H2,1-2H3. The molecule has 1 aromatic rings. The van der Waals surface area contributed by atoms with Crippen molar-refractivity contribution in [1.82, 2.24) is 4.90 Å². The Morgan fingerprint density at radius 1 is 1.38 bits per heavy atom. The predicted octanol–water partition coefficient (Wildman–Crippen LogP) is 2.88. The average Bonchev–Trinajstić information content (AvgIpc) is 2.40. The second-order valence-electron chi connectivity index (χ2n) is 6.01. The van der Waals surface area contributed by atoms with Gasteiger partial charge in [-0.15, -0.1) is 0 Å². The number of rotatable bonds is 7. The first-order valence-corrected chi connectivity index (χ1v) is 7.91. The van der Waals surface area contributed by atoms with E-state index in [4.69, 9.17) is 5.11 Å². The smallest absolute Gasteiger partial charge is 0.256 e. The van der Waals surface area contributed by atoms with Crippen molar-refractivity contribution in [2.45, 2.75) is 51.6 Å². The first-order chi connectivity index (χ1) is 10.1. The van der Waals surface area contributed by atoms with Crippen LogP contribution in [0.5, 0.6) is 0 Å². The third kappa shape index (κ3) is 3.97. The maximum absolute atomic E-state index is 12.9. The maximum Gasteiger partial charge on any atom is 0.256 e. The quantitative estimate of drug-likeness (QED) is 0.812. The van der Waals surface area contributed by atoms with E-state index in [-0.39, 0.29) is 18.6 Å². The lowest BCUT2D eigenvalue weighted by Crippen LogP contribution is -2.45. The van der Waals surface area contributed by atoms with Crippen molar-refractivity contribution in [3.63, 3.8) is 0 Å². The molecule has 0 aromatic heterocycles. The molecule has 0 unspecified atom stereocenters. The van der Waals surface area contributed by atoms with Crippen LogP contribution in [0.15, 0.2) is 24.3 Å². The van der Waals surface area contributed by atoms with E-state index >= 15 is 0 Å². The van der Waals surface area contributed by atoms with E-state index in [1.165, 1.54) is 6.42 Å². The Labute approximate surface area is 127 Å². The highest BCUT2D eigenvalue weighted by molar-refractivity contribution is 5.99. The van der Waals surface area contributed by atoms with Gasteiger partial charge in [-0.1, -0.05) is 12.1 Å². The predicted molar refractivity (Wildman–Crippen MR) is 85.6 cm³/mol. The van der Waals surface area contributed by atoms with Crippen LogP contribution in [-0.2, 0) is 0 Å². The molecular formula is C17H26N2O2. The number of aliphatic hydroxyl groups is 1. The Morgan fingerprint density at radius 2 is 2.10 bits per heavy atom. The summed E-state index contributed by atoms with van der Waals surface area (Å²) < 4.78 is 0. The Kier molecular flexibility index (Phi) is 5.62. The maximum atomic E-state index is 12.9. The minimum Gasteiger partial charge on any atom is -0.396 e. The van der Waals surface area contributed by atoms with Gasteiger partial charge < -0.3 is 15.3 Å². The zero-order valence-electron chi connectivity index (χ0n) is 13.0. The molecular weight excluding hydrogens is 264 g/mol. The van der Waals surface area contributed by atoms with Gasteiger partial charge in [-0.25, -0.2) is 0 Å². The fraction of sp³-hybridized carbons (Fsp3) is 0.588. The zero-order chi connectivity index (χ0) is 15.2. The van der Waals surface area contributed by atoms with Crippen LogP contribution < -0.4 is 5.32 Å². The van der Waals surface area contributed by atoms with E-state index in [0.717, 1.165) is 24.1 Å². The van der Waals surface area contributed by atoms with Gasteiger partial charge in [-0.3, -0.25) is 4.79 Å². The van der Waals surface area contributed by atoms with Crippen LogP contribution in [0.2, 0.25) is 0 Å². The summed E-state index contributed by atoms with van der Waals surface area (Å²) in [6.07, 6.45) is 4.00. The van der Waals surface area contributed by atoms with Crippen LogP contribution in [0.4, 0.5) is 5.69 Å². The molecule has 1 aliphatic rings. The van der Waals surface area contributed by atoms with Crippen LogP contribution in [0, 0.1) is 0 Å². The van der Waals surface area contributed by atoms with Crippen molar-refractivity contribution in [2.24, 2.45) is 0 Å². The summed E-state index contributed by atoms with van der Waals surface area (Å²) in [5, 5.41) is 12.4. The molecule has 2 N–H and O–H groups in total. The van der Waals surface area contributed by atoms with Crippen LogP contribution in [0.3, 0.4) is 0 Å². The van der Waals surface area contributed by atoms with E-state index in [1.807, 2.05) is 29.2 Å². The first kappa shape index (κ1) is 15.8. The number of nitrogens with one attached hydrogen (secondary N) is 1. The first-order valence-electron chi connectivity index (χ1n) is 7.91. The summed E-state index contributed by atoms with van der Waals surface area (Å²) >= 11 is 0. The summed E-state index contributed by atoms with van der Waals surface area (Å²) in [4.78, 5) is 14.8. The third-order valence-electron chi connectivity index (χ3n) is 3.94. The molecule has 0 saturated heterocycles. The number of carbonyl (C=O) groups is 1. The van der Waals surface area contributed by atoms with Gasteiger partial charge in [0.25, 0.3) is 5.91 Å². The zero-order valence-corrected chi connectivity index (χ0v) is 13.0. The van der Waals surface area contributed by atoms with E-state index in [9.17, 15) is 4.79 Å². The van der Waals surface area contributed by atoms with Gasteiger partial charge in [0, 0.05) is 30.9 Å². The summed E-state index contributed by atoms with van der Waals surface area (Å²) in [5.41, 5.74) is 1.63. The van der Waals surface area contributed by atoms with Gasteiger partial charge in [-0.2, -0.15) is 0 Å². The second kappa shape index (κ2) is 7.46. The van der Waals surface area contributed by atoms with Gasteiger partial charge in [-0.05, 0) is 51.7 Å². The van der Waals surface area contributed by atoms with Crippen molar-refractivity contribution in [2.75, 3.05) is 18.5 Å². The normalized spacial score (nSPS) is 14.9. The van der Waals surface area contributed by atoms with Gasteiger partial charge in [0.15, 0.2) is 0 Å². The fourth-order valence-electron chi connectivity index (χ4n) is 2.65. The molecule has 0 radical (unpaired) electrons. The molecule has 0 heterocycles. The largest absolute Gasteiger partial charge is 0.396 e. The topological polar surface area (TPSA) is 52.6 Å². The number of aliphatic hydroxyl groups excluding tert-OH is 1. The molecule has 4 nitrogen and oxygen atoms in total. The van der Waals surface area contributed by atoms with Crippen molar-refractivity contribution in [3.05, 3.63) is 29.8 Å². The number of nitrogens with zero attached hydrogens (tertiary/aromatic N) is 1. The Balaban J connectivity index is 2.19. The summed E-state index contributed by atoms with van der Waals surface area (Å²) in [6, 6.07) is 8.33. The van der Waals surface area contributed by atoms with E-state index in [0.29, 0.717) is 19.0 Å². The average molecular weight is 290 g/mol. The highest BCUT2D eigenvalue weighted by Gasteiger charge is 2.29.